The van der Waals surface area contributed by atoms with Crippen molar-refractivity contribution < 1.29 is 18.3 Å². The maximum atomic E-state index is 11.8. The van der Waals surface area contributed by atoms with Crippen molar-refractivity contribution >= 4 is 27.3 Å². The Balaban J connectivity index is 2.60. The summed E-state index contributed by atoms with van der Waals surface area (Å²) in [6, 6.07) is 2.64. The van der Waals surface area contributed by atoms with Crippen LogP contribution in [0.3, 0.4) is 0 Å². The van der Waals surface area contributed by atoms with Crippen LogP contribution in [0.2, 0.25) is 0 Å². The van der Waals surface area contributed by atoms with E-state index in [4.69, 9.17) is 5.11 Å². The lowest BCUT2D eigenvalue weighted by Crippen LogP contribution is -2.45. The minimum absolute atomic E-state index is 0.0932. The summed E-state index contributed by atoms with van der Waals surface area (Å²) in [4.78, 5) is 11.9. The first-order valence-electron chi connectivity index (χ1n) is 5.57. The average molecular weight is 291 g/mol. The lowest BCUT2D eigenvalue weighted by atomic mass is 10.1. The lowest BCUT2D eigenvalue weighted by molar-refractivity contribution is -0.140. The molecule has 18 heavy (non-hydrogen) atoms. The molecule has 7 heteroatoms. The molecule has 0 radical (unpaired) electrons. The van der Waals surface area contributed by atoms with Crippen LogP contribution in [0.15, 0.2) is 17.5 Å². The molecule has 0 saturated heterocycles. The van der Waals surface area contributed by atoms with Gasteiger partial charge in [-0.05, 0) is 23.8 Å². The van der Waals surface area contributed by atoms with Crippen LogP contribution in [0.25, 0.3) is 0 Å². The maximum absolute atomic E-state index is 11.8. The van der Waals surface area contributed by atoms with Gasteiger partial charge in [0.1, 0.15) is 6.04 Å². The van der Waals surface area contributed by atoms with Crippen LogP contribution in [0.4, 0.5) is 0 Å². The molecule has 2 N–H and O–H groups in total. The molecule has 0 bridgehead atoms. The Morgan fingerprint density at radius 1 is 1.50 bits per heavy atom. The zero-order valence-corrected chi connectivity index (χ0v) is 11.9. The Labute approximate surface area is 111 Å². The topological polar surface area (TPSA) is 83.5 Å². The Bertz CT molecular complexity index is 479. The van der Waals surface area contributed by atoms with Crippen LogP contribution in [0.5, 0.6) is 0 Å². The zero-order valence-electron chi connectivity index (χ0n) is 10.3. The van der Waals surface area contributed by atoms with Crippen molar-refractivity contribution in [2.75, 3.05) is 5.75 Å². The molecule has 0 unspecified atom stereocenters. The van der Waals surface area contributed by atoms with Crippen molar-refractivity contribution in [2.45, 2.75) is 26.3 Å². The number of hydrogen-bond donors (Lipinski definition) is 2. The number of aryl methyl sites for hydroxylation is 1. The van der Waals surface area contributed by atoms with Gasteiger partial charge in [0.2, 0.25) is 10.0 Å². The minimum atomic E-state index is -3.57. The van der Waals surface area contributed by atoms with E-state index >= 15 is 0 Å². The standard InChI is InChI=1S/C11H17NO4S2/c1-8(2)10(11(13)14)12-18(15,16)7-5-9-4-3-6-17-9/h3-4,6,8,10,12H,5,7H2,1-2H3,(H,13,14)/t10-/m1/s1. The summed E-state index contributed by atoms with van der Waals surface area (Å²) in [5.41, 5.74) is 0. The number of sulfonamides is 1. The van der Waals surface area contributed by atoms with Gasteiger partial charge in [-0.3, -0.25) is 4.79 Å². The minimum Gasteiger partial charge on any atom is -0.480 e. The van der Waals surface area contributed by atoms with Crippen LogP contribution >= 0.6 is 11.3 Å². The Morgan fingerprint density at radius 3 is 2.61 bits per heavy atom. The van der Waals surface area contributed by atoms with Crippen LogP contribution in [0.1, 0.15) is 18.7 Å². The van der Waals surface area contributed by atoms with E-state index < -0.39 is 22.0 Å². The second-order valence-electron chi connectivity index (χ2n) is 4.33. The van der Waals surface area contributed by atoms with E-state index in [1.807, 2.05) is 17.5 Å². The number of thiophene rings is 1. The third-order valence-corrected chi connectivity index (χ3v) is 4.73. The van der Waals surface area contributed by atoms with Crippen molar-refractivity contribution in [2.24, 2.45) is 5.92 Å². The van der Waals surface area contributed by atoms with Gasteiger partial charge in [-0.15, -0.1) is 11.3 Å². The number of rotatable bonds is 7. The number of nitrogens with one attached hydrogen (secondary N) is 1. The van der Waals surface area contributed by atoms with E-state index in [0.717, 1.165) is 4.88 Å². The smallest absolute Gasteiger partial charge is 0.321 e. The van der Waals surface area contributed by atoms with Gasteiger partial charge < -0.3 is 5.11 Å². The van der Waals surface area contributed by atoms with E-state index in [-0.39, 0.29) is 11.7 Å². The van der Waals surface area contributed by atoms with Gasteiger partial charge in [-0.2, -0.15) is 0 Å². The second kappa shape index (κ2) is 6.31. The number of carboxylic acid groups (broad SMARTS) is 1. The molecule has 0 spiro atoms. The fourth-order valence-corrected chi connectivity index (χ4v) is 3.62. The van der Waals surface area contributed by atoms with Gasteiger partial charge in [-0.25, -0.2) is 13.1 Å². The predicted octanol–water partition coefficient (Wildman–Crippen LogP) is 1.32. The molecule has 0 saturated carbocycles. The fraction of sp³-hybridized carbons (Fsp3) is 0.545. The average Bonchev–Trinajstić information content (AvgIpc) is 2.75. The Morgan fingerprint density at radius 2 is 2.17 bits per heavy atom. The summed E-state index contributed by atoms with van der Waals surface area (Å²) in [6.45, 7) is 3.33. The molecule has 5 nitrogen and oxygen atoms in total. The molecule has 102 valence electrons. The van der Waals surface area contributed by atoms with Crippen molar-refractivity contribution in [3.8, 4) is 0 Å². The first-order valence-corrected chi connectivity index (χ1v) is 8.10. The molecule has 0 amide bonds. The largest absolute Gasteiger partial charge is 0.480 e. The van der Waals surface area contributed by atoms with Gasteiger partial charge in [0.15, 0.2) is 0 Å². The summed E-state index contributed by atoms with van der Waals surface area (Å²) >= 11 is 1.49. The number of hydrogen-bond acceptors (Lipinski definition) is 4. The Kier molecular flexibility index (Phi) is 5.30. The van der Waals surface area contributed by atoms with Crippen LogP contribution < -0.4 is 4.72 Å². The van der Waals surface area contributed by atoms with Gasteiger partial charge in [0.05, 0.1) is 5.75 Å². The highest BCUT2D eigenvalue weighted by molar-refractivity contribution is 7.89. The van der Waals surface area contributed by atoms with E-state index in [0.29, 0.717) is 6.42 Å². The first kappa shape index (κ1) is 15.1. The molecule has 0 aromatic carbocycles. The van der Waals surface area contributed by atoms with Gasteiger partial charge in [0.25, 0.3) is 0 Å². The quantitative estimate of drug-likeness (QED) is 0.793. The van der Waals surface area contributed by atoms with Crippen molar-refractivity contribution in [1.82, 2.24) is 4.72 Å². The van der Waals surface area contributed by atoms with Crippen molar-refractivity contribution in [3.05, 3.63) is 22.4 Å². The van der Waals surface area contributed by atoms with Crippen molar-refractivity contribution in [1.29, 1.82) is 0 Å². The molecule has 1 rings (SSSR count). The third kappa shape index (κ3) is 4.75. The van der Waals surface area contributed by atoms with Gasteiger partial charge >= 0.3 is 5.97 Å². The van der Waals surface area contributed by atoms with E-state index in [1.165, 1.54) is 11.3 Å². The molecule has 0 aliphatic heterocycles. The van der Waals surface area contributed by atoms with Gasteiger partial charge in [0, 0.05) is 4.88 Å². The highest BCUT2D eigenvalue weighted by Gasteiger charge is 2.26. The fourth-order valence-electron chi connectivity index (χ4n) is 1.41. The molecule has 1 heterocycles. The highest BCUT2D eigenvalue weighted by atomic mass is 32.2. The van der Waals surface area contributed by atoms with E-state index in [2.05, 4.69) is 4.72 Å². The number of aliphatic carboxylic acids is 1. The summed E-state index contributed by atoms with van der Waals surface area (Å²) in [7, 11) is -3.57. The number of carbonyl (C=O) groups is 1. The molecule has 0 aliphatic carbocycles. The predicted molar refractivity (Wildman–Crippen MR) is 71.2 cm³/mol. The lowest BCUT2D eigenvalue weighted by Gasteiger charge is -2.17. The van der Waals surface area contributed by atoms with Gasteiger partial charge in [-0.1, -0.05) is 19.9 Å². The summed E-state index contributed by atoms with van der Waals surface area (Å²) in [5.74, 6) is -1.53. The second-order valence-corrected chi connectivity index (χ2v) is 7.23. The number of carboxylic acids is 1. The SMILES string of the molecule is CC(C)[C@@H](NS(=O)(=O)CCc1cccs1)C(=O)O. The third-order valence-electron chi connectivity index (χ3n) is 2.44. The summed E-state index contributed by atoms with van der Waals surface area (Å²) < 4.78 is 25.8. The molecule has 0 fully saturated rings. The van der Waals surface area contributed by atoms with Crippen molar-refractivity contribution in [3.63, 3.8) is 0 Å². The monoisotopic (exact) mass is 291 g/mol. The first-order chi connectivity index (χ1) is 8.32. The zero-order chi connectivity index (χ0) is 13.8. The summed E-state index contributed by atoms with van der Waals surface area (Å²) in [6.07, 6.45) is 0.400. The van der Waals surface area contributed by atoms with Crippen LogP contribution in [-0.4, -0.2) is 31.3 Å². The maximum Gasteiger partial charge on any atom is 0.321 e. The van der Waals surface area contributed by atoms with E-state index in [1.54, 1.807) is 13.8 Å². The molecule has 1 atom stereocenters. The normalized spacial score (nSPS) is 13.7. The molecule has 1 aromatic heterocycles. The van der Waals surface area contributed by atoms with E-state index in [9.17, 15) is 13.2 Å². The molecule has 1 aromatic rings. The van der Waals surface area contributed by atoms with Crippen LogP contribution in [-0.2, 0) is 21.2 Å². The highest BCUT2D eigenvalue weighted by Crippen LogP contribution is 2.11. The van der Waals surface area contributed by atoms with Crippen LogP contribution in [0, 0.1) is 5.92 Å². The molecular formula is C11H17NO4S2. The summed E-state index contributed by atoms with van der Waals surface area (Å²) in [5, 5.41) is 10.8. The molecular weight excluding hydrogens is 274 g/mol. The Hall–Kier alpha value is -0.920. The molecule has 0 aliphatic rings.